The molecule has 0 saturated carbocycles. The number of nitrogens with zero attached hydrogens (tertiary/aromatic N) is 2. The number of carbonyl (C=O) groups is 1. The molecule has 18 heavy (non-hydrogen) atoms. The van der Waals surface area contributed by atoms with Gasteiger partial charge in [0, 0.05) is 37.2 Å². The number of rotatable bonds is 3. The van der Waals surface area contributed by atoms with Gasteiger partial charge in [0.25, 0.3) is 5.91 Å². The van der Waals surface area contributed by atoms with Gasteiger partial charge in [-0.05, 0) is 35.9 Å². The molecule has 0 unspecified atom stereocenters. The van der Waals surface area contributed by atoms with E-state index in [1.54, 1.807) is 48.6 Å². The first kappa shape index (κ1) is 12.1. The Balaban J connectivity index is 2.07. The fourth-order valence-corrected chi connectivity index (χ4v) is 1.68. The summed E-state index contributed by atoms with van der Waals surface area (Å²) >= 11 is 0. The molecule has 1 amide bonds. The van der Waals surface area contributed by atoms with Gasteiger partial charge in [-0.3, -0.25) is 9.78 Å². The van der Waals surface area contributed by atoms with Gasteiger partial charge in [0.1, 0.15) is 0 Å². The first-order valence-corrected chi connectivity index (χ1v) is 5.67. The topological polar surface area (TPSA) is 59.2 Å². The molecule has 0 spiro atoms. The van der Waals surface area contributed by atoms with E-state index in [4.69, 9.17) is 5.73 Å². The van der Waals surface area contributed by atoms with E-state index in [0.29, 0.717) is 17.8 Å². The van der Waals surface area contributed by atoms with Crippen molar-refractivity contribution in [1.29, 1.82) is 0 Å². The third kappa shape index (κ3) is 2.85. The highest BCUT2D eigenvalue weighted by Gasteiger charge is 2.11. The van der Waals surface area contributed by atoms with E-state index in [0.717, 1.165) is 5.56 Å². The van der Waals surface area contributed by atoms with E-state index in [9.17, 15) is 4.79 Å². The second-order valence-electron chi connectivity index (χ2n) is 4.14. The van der Waals surface area contributed by atoms with Gasteiger partial charge >= 0.3 is 0 Å². The number of pyridine rings is 1. The Morgan fingerprint density at radius 1 is 1.28 bits per heavy atom. The zero-order valence-corrected chi connectivity index (χ0v) is 10.2. The van der Waals surface area contributed by atoms with Crippen molar-refractivity contribution in [2.24, 2.45) is 0 Å². The van der Waals surface area contributed by atoms with E-state index in [1.807, 2.05) is 12.1 Å². The molecule has 0 aliphatic carbocycles. The van der Waals surface area contributed by atoms with Crippen molar-refractivity contribution in [3.05, 3.63) is 59.9 Å². The summed E-state index contributed by atoms with van der Waals surface area (Å²) in [7, 11) is 1.77. The van der Waals surface area contributed by atoms with Crippen LogP contribution < -0.4 is 5.73 Å². The first-order valence-electron chi connectivity index (χ1n) is 5.67. The number of nitrogens with two attached hydrogens (primary N) is 1. The van der Waals surface area contributed by atoms with Crippen LogP contribution in [-0.4, -0.2) is 22.8 Å². The number of nitrogen functional groups attached to an aromatic ring is 1. The third-order valence-electron chi connectivity index (χ3n) is 2.65. The van der Waals surface area contributed by atoms with Crippen LogP contribution in [0.5, 0.6) is 0 Å². The molecule has 1 aromatic heterocycles. The smallest absolute Gasteiger partial charge is 0.253 e. The lowest BCUT2D eigenvalue weighted by molar-refractivity contribution is 0.0785. The summed E-state index contributed by atoms with van der Waals surface area (Å²) in [5.41, 5.74) is 7.89. The maximum Gasteiger partial charge on any atom is 0.253 e. The van der Waals surface area contributed by atoms with Crippen molar-refractivity contribution in [3.63, 3.8) is 0 Å². The minimum absolute atomic E-state index is 0.0288. The fraction of sp³-hybridized carbons (Fsp3) is 0.143. The molecule has 4 heteroatoms. The zero-order chi connectivity index (χ0) is 13.0. The van der Waals surface area contributed by atoms with Crippen LogP contribution in [0.4, 0.5) is 5.69 Å². The molecule has 0 atom stereocenters. The second kappa shape index (κ2) is 5.31. The van der Waals surface area contributed by atoms with E-state index in [2.05, 4.69) is 4.98 Å². The molecule has 2 aromatic rings. The van der Waals surface area contributed by atoms with Gasteiger partial charge in [0.2, 0.25) is 0 Å². The SMILES string of the molecule is CN(Cc1cccnc1)C(=O)c1ccc(N)cc1. The zero-order valence-electron chi connectivity index (χ0n) is 10.2. The molecule has 0 aliphatic heterocycles. The molecular formula is C14H15N3O. The molecule has 0 fully saturated rings. The average molecular weight is 241 g/mol. The van der Waals surface area contributed by atoms with Crippen molar-refractivity contribution in [2.75, 3.05) is 12.8 Å². The highest BCUT2D eigenvalue weighted by Crippen LogP contribution is 2.10. The van der Waals surface area contributed by atoms with E-state index < -0.39 is 0 Å². The summed E-state index contributed by atoms with van der Waals surface area (Å²) < 4.78 is 0. The summed E-state index contributed by atoms with van der Waals surface area (Å²) in [6.45, 7) is 0.539. The van der Waals surface area contributed by atoms with Crippen LogP contribution in [0.15, 0.2) is 48.8 Å². The number of anilines is 1. The Bertz CT molecular complexity index is 522. The van der Waals surface area contributed by atoms with Crippen molar-refractivity contribution < 1.29 is 4.79 Å². The van der Waals surface area contributed by atoms with Crippen LogP contribution >= 0.6 is 0 Å². The minimum Gasteiger partial charge on any atom is -0.399 e. The molecule has 2 N–H and O–H groups in total. The number of hydrogen-bond acceptors (Lipinski definition) is 3. The lowest BCUT2D eigenvalue weighted by Gasteiger charge is -2.17. The molecule has 4 nitrogen and oxygen atoms in total. The van der Waals surface area contributed by atoms with Crippen LogP contribution in [0, 0.1) is 0 Å². The highest BCUT2D eigenvalue weighted by atomic mass is 16.2. The summed E-state index contributed by atoms with van der Waals surface area (Å²) in [6.07, 6.45) is 3.47. The lowest BCUT2D eigenvalue weighted by Crippen LogP contribution is -2.26. The number of benzene rings is 1. The van der Waals surface area contributed by atoms with Gasteiger partial charge in [-0.25, -0.2) is 0 Å². The summed E-state index contributed by atoms with van der Waals surface area (Å²) in [6, 6.07) is 10.7. The number of aromatic nitrogens is 1. The molecule has 0 radical (unpaired) electrons. The van der Waals surface area contributed by atoms with E-state index in [1.165, 1.54) is 0 Å². The van der Waals surface area contributed by atoms with Crippen molar-refractivity contribution >= 4 is 11.6 Å². The Morgan fingerprint density at radius 3 is 2.61 bits per heavy atom. The minimum atomic E-state index is -0.0288. The summed E-state index contributed by atoms with van der Waals surface area (Å²) in [5, 5.41) is 0. The summed E-state index contributed by atoms with van der Waals surface area (Å²) in [4.78, 5) is 17.8. The molecule has 0 saturated heterocycles. The van der Waals surface area contributed by atoms with Crippen LogP contribution in [0.2, 0.25) is 0 Å². The van der Waals surface area contributed by atoms with Gasteiger partial charge in [-0.15, -0.1) is 0 Å². The normalized spacial score (nSPS) is 10.1. The van der Waals surface area contributed by atoms with Gasteiger partial charge in [0.15, 0.2) is 0 Å². The molecule has 0 bridgehead atoms. The molecule has 1 heterocycles. The Hall–Kier alpha value is -2.36. The predicted octanol–water partition coefficient (Wildman–Crippen LogP) is 1.94. The fourth-order valence-electron chi connectivity index (χ4n) is 1.68. The van der Waals surface area contributed by atoms with Gasteiger partial charge < -0.3 is 10.6 Å². The van der Waals surface area contributed by atoms with Gasteiger partial charge in [-0.1, -0.05) is 6.07 Å². The Kier molecular flexibility index (Phi) is 3.57. The van der Waals surface area contributed by atoms with Crippen LogP contribution in [0.3, 0.4) is 0 Å². The van der Waals surface area contributed by atoms with Crippen molar-refractivity contribution in [3.8, 4) is 0 Å². The monoisotopic (exact) mass is 241 g/mol. The second-order valence-corrected chi connectivity index (χ2v) is 4.14. The maximum absolute atomic E-state index is 12.1. The molecule has 1 aromatic carbocycles. The first-order chi connectivity index (χ1) is 8.66. The van der Waals surface area contributed by atoms with E-state index in [-0.39, 0.29) is 5.91 Å². The molecule has 0 aliphatic rings. The van der Waals surface area contributed by atoms with Crippen LogP contribution in [0.1, 0.15) is 15.9 Å². The van der Waals surface area contributed by atoms with Crippen molar-refractivity contribution in [2.45, 2.75) is 6.54 Å². The number of amides is 1. The lowest BCUT2D eigenvalue weighted by atomic mass is 10.1. The maximum atomic E-state index is 12.1. The van der Waals surface area contributed by atoms with Crippen LogP contribution in [-0.2, 0) is 6.54 Å². The predicted molar refractivity (Wildman–Crippen MR) is 70.9 cm³/mol. The molecular weight excluding hydrogens is 226 g/mol. The summed E-state index contributed by atoms with van der Waals surface area (Å²) in [5.74, 6) is -0.0288. The standard InChI is InChI=1S/C14H15N3O/c1-17(10-11-3-2-8-16-9-11)14(18)12-4-6-13(15)7-5-12/h2-9H,10,15H2,1H3. The Labute approximate surface area is 106 Å². The van der Waals surface area contributed by atoms with Gasteiger partial charge in [0.05, 0.1) is 0 Å². The molecule has 2 rings (SSSR count). The average Bonchev–Trinajstić information content (AvgIpc) is 2.40. The highest BCUT2D eigenvalue weighted by molar-refractivity contribution is 5.94. The molecule has 92 valence electrons. The van der Waals surface area contributed by atoms with Gasteiger partial charge in [-0.2, -0.15) is 0 Å². The third-order valence-corrected chi connectivity index (χ3v) is 2.65. The number of hydrogen-bond donors (Lipinski definition) is 1. The largest absolute Gasteiger partial charge is 0.399 e. The van der Waals surface area contributed by atoms with E-state index >= 15 is 0 Å². The van der Waals surface area contributed by atoms with Crippen molar-refractivity contribution in [1.82, 2.24) is 9.88 Å². The quantitative estimate of drug-likeness (QED) is 0.835. The van der Waals surface area contributed by atoms with Crippen LogP contribution in [0.25, 0.3) is 0 Å². The Morgan fingerprint density at radius 2 is 2.00 bits per heavy atom. The number of carbonyl (C=O) groups excluding carboxylic acids is 1.